The second kappa shape index (κ2) is 4.70. The van der Waals surface area contributed by atoms with Crippen LogP contribution in [0.3, 0.4) is 0 Å². The zero-order valence-electron chi connectivity index (χ0n) is 9.03. The summed E-state index contributed by atoms with van der Waals surface area (Å²) in [7, 11) is 0. The topological polar surface area (TPSA) is 38.0 Å². The van der Waals surface area contributed by atoms with Gasteiger partial charge in [0.25, 0.3) is 0 Å². The highest BCUT2D eigenvalue weighted by atomic mass is 19.4. The Morgan fingerprint density at radius 3 is 2.27 bits per heavy atom. The molecule has 0 atom stereocenters. The predicted octanol–water partition coefficient (Wildman–Crippen LogP) is 2.05. The third-order valence-electron chi connectivity index (χ3n) is 3.29. The van der Waals surface area contributed by atoms with Crippen LogP contribution in [0.25, 0.3) is 0 Å². The Hall–Kier alpha value is -0.290. The van der Waals surface area contributed by atoms with Crippen molar-refractivity contribution < 1.29 is 13.2 Å². The van der Waals surface area contributed by atoms with Crippen molar-refractivity contribution in [1.82, 2.24) is 5.32 Å². The van der Waals surface area contributed by atoms with Crippen LogP contribution in [0, 0.1) is 5.92 Å². The Kier molecular flexibility index (Phi) is 4.00. The van der Waals surface area contributed by atoms with E-state index in [1.165, 1.54) is 0 Å². The average Bonchev–Trinajstić information content (AvgIpc) is 2.17. The summed E-state index contributed by atoms with van der Waals surface area (Å²) in [6, 6.07) is 0. The molecule has 5 heteroatoms. The molecule has 0 heterocycles. The molecule has 0 saturated heterocycles. The van der Waals surface area contributed by atoms with Crippen LogP contribution in [-0.2, 0) is 0 Å². The van der Waals surface area contributed by atoms with E-state index in [4.69, 9.17) is 5.73 Å². The standard InChI is InChI=1S/C10H19F3N2/c1-8-2-4-9(6-14,5-3-8)15-7-10(11,12)13/h8,15H,2-7,14H2,1H3. The van der Waals surface area contributed by atoms with Gasteiger partial charge in [0.15, 0.2) is 0 Å². The number of rotatable bonds is 3. The molecule has 1 rings (SSSR count). The molecule has 90 valence electrons. The molecule has 0 spiro atoms. The molecule has 0 radical (unpaired) electrons. The molecule has 1 aliphatic carbocycles. The monoisotopic (exact) mass is 224 g/mol. The molecule has 0 aliphatic heterocycles. The van der Waals surface area contributed by atoms with Gasteiger partial charge < -0.3 is 11.1 Å². The second-order valence-corrected chi connectivity index (χ2v) is 4.64. The summed E-state index contributed by atoms with van der Waals surface area (Å²) in [5.74, 6) is 0.609. The van der Waals surface area contributed by atoms with Gasteiger partial charge >= 0.3 is 6.18 Å². The molecule has 2 nitrogen and oxygen atoms in total. The van der Waals surface area contributed by atoms with E-state index in [1.54, 1.807) is 0 Å². The number of halogens is 3. The minimum atomic E-state index is -4.15. The van der Waals surface area contributed by atoms with E-state index in [0.717, 1.165) is 25.7 Å². The molecule has 1 saturated carbocycles. The Morgan fingerprint density at radius 1 is 1.33 bits per heavy atom. The first-order valence-electron chi connectivity index (χ1n) is 5.39. The molecule has 0 aromatic heterocycles. The van der Waals surface area contributed by atoms with Crippen LogP contribution in [0.1, 0.15) is 32.6 Å². The number of hydrogen-bond donors (Lipinski definition) is 2. The number of alkyl halides is 3. The Bertz CT molecular complexity index is 195. The summed E-state index contributed by atoms with van der Waals surface area (Å²) in [5, 5.41) is 2.60. The van der Waals surface area contributed by atoms with E-state index in [9.17, 15) is 13.2 Å². The van der Waals surface area contributed by atoms with E-state index in [-0.39, 0.29) is 6.54 Å². The van der Waals surface area contributed by atoms with Gasteiger partial charge in [-0.15, -0.1) is 0 Å². The molecule has 0 unspecified atom stereocenters. The summed E-state index contributed by atoms with van der Waals surface area (Å²) < 4.78 is 36.3. The number of hydrogen-bond acceptors (Lipinski definition) is 2. The molecule has 1 fully saturated rings. The Balaban J connectivity index is 2.47. The van der Waals surface area contributed by atoms with Gasteiger partial charge in [-0.25, -0.2) is 0 Å². The molecule has 0 aromatic rings. The third kappa shape index (κ3) is 3.99. The van der Waals surface area contributed by atoms with Crippen molar-refractivity contribution in [2.24, 2.45) is 11.7 Å². The largest absolute Gasteiger partial charge is 0.401 e. The quantitative estimate of drug-likeness (QED) is 0.770. The minimum Gasteiger partial charge on any atom is -0.329 e. The summed E-state index contributed by atoms with van der Waals surface area (Å²) in [6.45, 7) is 1.48. The van der Waals surface area contributed by atoms with E-state index in [2.05, 4.69) is 12.2 Å². The fourth-order valence-electron chi connectivity index (χ4n) is 2.06. The average molecular weight is 224 g/mol. The molecule has 3 N–H and O–H groups in total. The van der Waals surface area contributed by atoms with Crippen molar-refractivity contribution in [3.05, 3.63) is 0 Å². The van der Waals surface area contributed by atoms with Gasteiger partial charge in [0.2, 0.25) is 0 Å². The molecule has 0 bridgehead atoms. The van der Waals surface area contributed by atoms with Crippen LogP contribution in [0.5, 0.6) is 0 Å². The van der Waals surface area contributed by atoms with Crippen molar-refractivity contribution in [3.63, 3.8) is 0 Å². The SMILES string of the molecule is CC1CCC(CN)(NCC(F)(F)F)CC1. The first kappa shape index (κ1) is 12.8. The molecule has 1 aliphatic rings. The molecule has 0 aromatic carbocycles. The van der Waals surface area contributed by atoms with Gasteiger partial charge in [-0.1, -0.05) is 6.92 Å². The molecular weight excluding hydrogens is 205 g/mol. The van der Waals surface area contributed by atoms with Gasteiger partial charge in [0.05, 0.1) is 6.54 Å². The normalized spacial score (nSPS) is 33.0. The minimum absolute atomic E-state index is 0.287. The molecular formula is C10H19F3N2. The summed E-state index contributed by atoms with van der Waals surface area (Å²) >= 11 is 0. The predicted molar refractivity (Wildman–Crippen MR) is 53.5 cm³/mol. The fourth-order valence-corrected chi connectivity index (χ4v) is 2.06. The molecule has 15 heavy (non-hydrogen) atoms. The van der Waals surface area contributed by atoms with E-state index in [0.29, 0.717) is 5.92 Å². The Labute approximate surface area is 88.4 Å². The van der Waals surface area contributed by atoms with Gasteiger partial charge in [-0.3, -0.25) is 0 Å². The summed E-state index contributed by atoms with van der Waals surface area (Å²) in [4.78, 5) is 0. The highest BCUT2D eigenvalue weighted by molar-refractivity contribution is 4.93. The van der Waals surface area contributed by atoms with Crippen molar-refractivity contribution in [3.8, 4) is 0 Å². The van der Waals surface area contributed by atoms with Crippen molar-refractivity contribution in [2.75, 3.05) is 13.1 Å². The van der Waals surface area contributed by atoms with Crippen LogP contribution >= 0.6 is 0 Å². The smallest absolute Gasteiger partial charge is 0.329 e. The summed E-state index contributed by atoms with van der Waals surface area (Å²) in [5.41, 5.74) is 5.10. The number of nitrogens with two attached hydrogens (primary N) is 1. The van der Waals surface area contributed by atoms with Crippen molar-refractivity contribution in [2.45, 2.75) is 44.3 Å². The molecule has 0 amide bonds. The second-order valence-electron chi connectivity index (χ2n) is 4.64. The van der Waals surface area contributed by atoms with Gasteiger partial charge in [0.1, 0.15) is 0 Å². The van der Waals surface area contributed by atoms with Crippen LogP contribution in [0.4, 0.5) is 13.2 Å². The summed E-state index contributed by atoms with van der Waals surface area (Å²) in [6.07, 6.45) is -0.725. The third-order valence-corrected chi connectivity index (χ3v) is 3.29. The van der Waals surface area contributed by atoms with Gasteiger partial charge in [-0.2, -0.15) is 13.2 Å². The zero-order chi connectivity index (χ0) is 11.5. The van der Waals surface area contributed by atoms with Crippen LogP contribution in [0.2, 0.25) is 0 Å². The van der Waals surface area contributed by atoms with E-state index < -0.39 is 18.3 Å². The first-order chi connectivity index (χ1) is 6.87. The highest BCUT2D eigenvalue weighted by Crippen LogP contribution is 2.31. The maximum absolute atomic E-state index is 12.1. The maximum atomic E-state index is 12.1. The fraction of sp³-hybridized carbons (Fsp3) is 1.00. The van der Waals surface area contributed by atoms with Crippen molar-refractivity contribution >= 4 is 0 Å². The number of nitrogens with one attached hydrogen (secondary N) is 1. The lowest BCUT2D eigenvalue weighted by atomic mass is 9.77. The van der Waals surface area contributed by atoms with E-state index >= 15 is 0 Å². The van der Waals surface area contributed by atoms with Gasteiger partial charge in [-0.05, 0) is 31.6 Å². The first-order valence-corrected chi connectivity index (χ1v) is 5.39. The van der Waals surface area contributed by atoms with Crippen molar-refractivity contribution in [1.29, 1.82) is 0 Å². The lowest BCUT2D eigenvalue weighted by Gasteiger charge is -2.39. The lowest BCUT2D eigenvalue weighted by molar-refractivity contribution is -0.129. The van der Waals surface area contributed by atoms with Gasteiger partial charge in [0, 0.05) is 12.1 Å². The zero-order valence-corrected chi connectivity index (χ0v) is 9.03. The lowest BCUT2D eigenvalue weighted by Crippen LogP contribution is -2.55. The maximum Gasteiger partial charge on any atom is 0.401 e. The van der Waals surface area contributed by atoms with Crippen LogP contribution in [0.15, 0.2) is 0 Å². The van der Waals surface area contributed by atoms with Crippen LogP contribution < -0.4 is 11.1 Å². The van der Waals surface area contributed by atoms with Crippen LogP contribution in [-0.4, -0.2) is 24.8 Å². The Morgan fingerprint density at radius 2 is 1.87 bits per heavy atom. The highest BCUT2D eigenvalue weighted by Gasteiger charge is 2.36. The van der Waals surface area contributed by atoms with E-state index in [1.807, 2.05) is 0 Å².